The van der Waals surface area contributed by atoms with Gasteiger partial charge >= 0.3 is 6.03 Å². The van der Waals surface area contributed by atoms with Crippen LogP contribution in [0.3, 0.4) is 0 Å². The number of amides is 2. The molecule has 1 saturated heterocycles. The first-order valence-corrected chi connectivity index (χ1v) is 7.09. The van der Waals surface area contributed by atoms with Gasteiger partial charge in [-0.15, -0.1) is 0 Å². The third kappa shape index (κ3) is 4.13. The Morgan fingerprint density at radius 1 is 1.40 bits per heavy atom. The summed E-state index contributed by atoms with van der Waals surface area (Å²) in [5.74, 6) is 0.873. The molecule has 0 spiro atoms. The fraction of sp³-hybridized carbons (Fsp3) is 0.533. The van der Waals surface area contributed by atoms with E-state index in [4.69, 9.17) is 9.47 Å². The Morgan fingerprint density at radius 2 is 2.15 bits per heavy atom. The molecular formula is C15H22N2O3. The van der Waals surface area contributed by atoms with Crippen molar-refractivity contribution >= 4 is 11.7 Å². The number of urea groups is 1. The molecular weight excluding hydrogens is 256 g/mol. The molecule has 0 aliphatic carbocycles. The molecule has 1 fully saturated rings. The Kier molecular flexibility index (Phi) is 5.24. The maximum Gasteiger partial charge on any atom is 0.319 e. The van der Waals surface area contributed by atoms with Crippen molar-refractivity contribution in [2.24, 2.45) is 0 Å². The lowest BCUT2D eigenvalue weighted by atomic mass is 10.1. The number of hydrogen-bond acceptors (Lipinski definition) is 3. The Bertz CT molecular complexity index is 456. The second kappa shape index (κ2) is 7.14. The second-order valence-electron chi connectivity index (χ2n) is 4.89. The SMILES string of the molecule is CCNC(=O)Nc1ccc(OC2CCOCC2)c(C)c1. The fourth-order valence-corrected chi connectivity index (χ4v) is 2.17. The lowest BCUT2D eigenvalue weighted by molar-refractivity contribution is 0.0253. The summed E-state index contributed by atoms with van der Waals surface area (Å²) in [6.45, 7) is 6.00. The molecule has 0 aromatic heterocycles. The van der Waals surface area contributed by atoms with E-state index < -0.39 is 0 Å². The Balaban J connectivity index is 1.96. The lowest BCUT2D eigenvalue weighted by Gasteiger charge is -2.24. The number of aryl methyl sites for hydroxylation is 1. The summed E-state index contributed by atoms with van der Waals surface area (Å²) in [5, 5.41) is 5.49. The van der Waals surface area contributed by atoms with E-state index in [2.05, 4.69) is 10.6 Å². The van der Waals surface area contributed by atoms with Crippen molar-refractivity contribution in [3.05, 3.63) is 23.8 Å². The van der Waals surface area contributed by atoms with Gasteiger partial charge in [0, 0.05) is 25.1 Å². The topological polar surface area (TPSA) is 59.6 Å². The van der Waals surface area contributed by atoms with E-state index in [9.17, 15) is 4.79 Å². The van der Waals surface area contributed by atoms with Gasteiger partial charge in [0.05, 0.1) is 13.2 Å². The molecule has 0 radical (unpaired) electrons. The van der Waals surface area contributed by atoms with Crippen LogP contribution in [0.4, 0.5) is 10.5 Å². The van der Waals surface area contributed by atoms with Gasteiger partial charge in [-0.25, -0.2) is 4.79 Å². The van der Waals surface area contributed by atoms with Crippen LogP contribution in [0.1, 0.15) is 25.3 Å². The number of anilines is 1. The number of carbonyl (C=O) groups excluding carboxylic acids is 1. The van der Waals surface area contributed by atoms with Gasteiger partial charge in [-0.05, 0) is 37.6 Å². The largest absolute Gasteiger partial charge is 0.490 e. The van der Waals surface area contributed by atoms with E-state index in [0.717, 1.165) is 43.1 Å². The van der Waals surface area contributed by atoms with Gasteiger partial charge in [0.25, 0.3) is 0 Å². The number of ether oxygens (including phenoxy) is 2. The highest BCUT2D eigenvalue weighted by molar-refractivity contribution is 5.89. The van der Waals surface area contributed by atoms with Crippen LogP contribution in [0.15, 0.2) is 18.2 Å². The van der Waals surface area contributed by atoms with Crippen LogP contribution < -0.4 is 15.4 Å². The minimum Gasteiger partial charge on any atom is -0.490 e. The first kappa shape index (κ1) is 14.7. The van der Waals surface area contributed by atoms with Crippen molar-refractivity contribution in [1.29, 1.82) is 0 Å². The number of carbonyl (C=O) groups is 1. The molecule has 1 aliphatic rings. The predicted molar refractivity (Wildman–Crippen MR) is 78.3 cm³/mol. The van der Waals surface area contributed by atoms with Crippen LogP contribution in [-0.2, 0) is 4.74 Å². The predicted octanol–water partition coefficient (Wildman–Crippen LogP) is 2.69. The van der Waals surface area contributed by atoms with Crippen LogP contribution >= 0.6 is 0 Å². The van der Waals surface area contributed by atoms with Crippen LogP contribution in [0, 0.1) is 6.92 Å². The van der Waals surface area contributed by atoms with E-state index in [1.165, 1.54) is 0 Å². The van der Waals surface area contributed by atoms with Crippen LogP contribution in [0.5, 0.6) is 5.75 Å². The zero-order valence-electron chi connectivity index (χ0n) is 12.1. The number of nitrogens with one attached hydrogen (secondary N) is 2. The summed E-state index contributed by atoms with van der Waals surface area (Å²) in [4.78, 5) is 11.5. The minimum absolute atomic E-state index is 0.190. The highest BCUT2D eigenvalue weighted by Gasteiger charge is 2.16. The third-order valence-corrected chi connectivity index (χ3v) is 3.23. The molecule has 0 unspecified atom stereocenters. The molecule has 110 valence electrons. The van der Waals surface area contributed by atoms with E-state index >= 15 is 0 Å². The molecule has 1 aromatic rings. The molecule has 20 heavy (non-hydrogen) atoms. The van der Waals surface area contributed by atoms with Gasteiger partial charge in [0.1, 0.15) is 11.9 Å². The van der Waals surface area contributed by atoms with Crippen molar-refractivity contribution in [3.63, 3.8) is 0 Å². The molecule has 5 nitrogen and oxygen atoms in total. The van der Waals surface area contributed by atoms with E-state index in [1.54, 1.807) is 0 Å². The molecule has 5 heteroatoms. The average molecular weight is 278 g/mol. The second-order valence-corrected chi connectivity index (χ2v) is 4.89. The van der Waals surface area contributed by atoms with Gasteiger partial charge in [-0.1, -0.05) is 0 Å². The summed E-state index contributed by atoms with van der Waals surface area (Å²) in [6.07, 6.45) is 2.08. The van der Waals surface area contributed by atoms with Crippen LogP contribution in [0.25, 0.3) is 0 Å². The summed E-state index contributed by atoms with van der Waals surface area (Å²) in [5.41, 5.74) is 1.79. The summed E-state index contributed by atoms with van der Waals surface area (Å²) in [7, 11) is 0. The highest BCUT2D eigenvalue weighted by Crippen LogP contribution is 2.25. The zero-order valence-corrected chi connectivity index (χ0v) is 12.1. The van der Waals surface area contributed by atoms with Crippen LogP contribution in [-0.4, -0.2) is 31.9 Å². The van der Waals surface area contributed by atoms with E-state index in [-0.39, 0.29) is 12.1 Å². The van der Waals surface area contributed by atoms with Gasteiger partial charge in [0.15, 0.2) is 0 Å². The third-order valence-electron chi connectivity index (χ3n) is 3.23. The van der Waals surface area contributed by atoms with Crippen molar-refractivity contribution < 1.29 is 14.3 Å². The minimum atomic E-state index is -0.190. The molecule has 0 atom stereocenters. The van der Waals surface area contributed by atoms with Crippen LogP contribution in [0.2, 0.25) is 0 Å². The first-order chi connectivity index (χ1) is 9.69. The lowest BCUT2D eigenvalue weighted by Crippen LogP contribution is -2.28. The zero-order chi connectivity index (χ0) is 14.4. The number of hydrogen-bond donors (Lipinski definition) is 2. The number of benzene rings is 1. The molecule has 0 bridgehead atoms. The molecule has 1 heterocycles. The van der Waals surface area contributed by atoms with Crippen molar-refractivity contribution in [1.82, 2.24) is 5.32 Å². The molecule has 1 aromatic carbocycles. The molecule has 1 aliphatic heterocycles. The molecule has 2 rings (SSSR count). The van der Waals surface area contributed by atoms with Crippen molar-refractivity contribution in [3.8, 4) is 5.75 Å². The van der Waals surface area contributed by atoms with Gasteiger partial charge < -0.3 is 20.1 Å². The molecule has 2 amide bonds. The summed E-state index contributed by atoms with van der Waals surface area (Å²) < 4.78 is 11.3. The summed E-state index contributed by atoms with van der Waals surface area (Å²) in [6, 6.07) is 5.50. The standard InChI is InChI=1S/C15H22N2O3/c1-3-16-15(18)17-12-4-5-14(11(2)10-12)20-13-6-8-19-9-7-13/h4-5,10,13H,3,6-9H2,1-2H3,(H2,16,17,18). The molecule has 2 N–H and O–H groups in total. The van der Waals surface area contributed by atoms with E-state index in [1.807, 2.05) is 32.0 Å². The normalized spacial score (nSPS) is 15.7. The van der Waals surface area contributed by atoms with Gasteiger partial charge in [0.2, 0.25) is 0 Å². The summed E-state index contributed by atoms with van der Waals surface area (Å²) >= 11 is 0. The quantitative estimate of drug-likeness (QED) is 0.890. The first-order valence-electron chi connectivity index (χ1n) is 7.09. The fourth-order valence-electron chi connectivity index (χ4n) is 2.17. The van der Waals surface area contributed by atoms with Gasteiger partial charge in [-0.3, -0.25) is 0 Å². The van der Waals surface area contributed by atoms with Crippen molar-refractivity contribution in [2.75, 3.05) is 25.1 Å². The van der Waals surface area contributed by atoms with Gasteiger partial charge in [-0.2, -0.15) is 0 Å². The Labute approximate surface area is 119 Å². The smallest absolute Gasteiger partial charge is 0.319 e. The maximum absolute atomic E-state index is 11.5. The monoisotopic (exact) mass is 278 g/mol. The Hall–Kier alpha value is -1.75. The molecule has 0 saturated carbocycles. The number of rotatable bonds is 4. The van der Waals surface area contributed by atoms with E-state index in [0.29, 0.717) is 6.54 Å². The van der Waals surface area contributed by atoms with Crippen molar-refractivity contribution in [2.45, 2.75) is 32.8 Å². The average Bonchev–Trinajstić information content (AvgIpc) is 2.43. The highest BCUT2D eigenvalue weighted by atomic mass is 16.5. The Morgan fingerprint density at radius 3 is 2.80 bits per heavy atom. The maximum atomic E-state index is 11.5.